The Morgan fingerprint density at radius 3 is 2.82 bits per heavy atom. The second-order valence-corrected chi connectivity index (χ2v) is 5.36. The lowest BCUT2D eigenvalue weighted by Gasteiger charge is -2.29. The number of rotatable bonds is 3. The van der Waals surface area contributed by atoms with Crippen molar-refractivity contribution in [2.45, 2.75) is 37.8 Å². The molecule has 0 spiro atoms. The standard InChI is InChI=1S/C13H18BrNO2/c1-17-13-7-6-9(14)8-11(13)15-10-4-2-3-5-12(10)16/h6-8,10,12,15-16H,2-5H2,1H3/t10-,12-/m0/s1. The van der Waals surface area contributed by atoms with E-state index >= 15 is 0 Å². The van der Waals surface area contributed by atoms with Crippen LogP contribution in [0.4, 0.5) is 5.69 Å². The van der Waals surface area contributed by atoms with Crippen LogP contribution < -0.4 is 10.1 Å². The molecule has 0 saturated heterocycles. The monoisotopic (exact) mass is 299 g/mol. The number of hydrogen-bond acceptors (Lipinski definition) is 3. The number of nitrogens with one attached hydrogen (secondary N) is 1. The second kappa shape index (κ2) is 5.74. The molecule has 1 aliphatic carbocycles. The molecule has 17 heavy (non-hydrogen) atoms. The van der Waals surface area contributed by atoms with Gasteiger partial charge in [0.2, 0.25) is 0 Å². The number of anilines is 1. The minimum atomic E-state index is -0.257. The van der Waals surface area contributed by atoms with Crippen molar-refractivity contribution in [1.29, 1.82) is 0 Å². The Morgan fingerprint density at radius 1 is 1.35 bits per heavy atom. The van der Waals surface area contributed by atoms with Gasteiger partial charge in [-0.3, -0.25) is 0 Å². The SMILES string of the molecule is COc1ccc(Br)cc1N[C@H]1CCCC[C@@H]1O. The zero-order valence-corrected chi connectivity index (χ0v) is 11.5. The van der Waals surface area contributed by atoms with Crippen LogP contribution >= 0.6 is 15.9 Å². The van der Waals surface area contributed by atoms with Crippen molar-refractivity contribution in [1.82, 2.24) is 0 Å². The summed E-state index contributed by atoms with van der Waals surface area (Å²) in [7, 11) is 1.66. The van der Waals surface area contributed by atoms with Crippen LogP contribution in [-0.4, -0.2) is 24.4 Å². The van der Waals surface area contributed by atoms with Gasteiger partial charge in [-0.25, -0.2) is 0 Å². The van der Waals surface area contributed by atoms with E-state index in [-0.39, 0.29) is 12.1 Å². The van der Waals surface area contributed by atoms with Crippen LogP contribution in [0.1, 0.15) is 25.7 Å². The minimum Gasteiger partial charge on any atom is -0.495 e. The molecule has 3 nitrogen and oxygen atoms in total. The minimum absolute atomic E-state index is 0.131. The molecule has 2 rings (SSSR count). The maximum Gasteiger partial charge on any atom is 0.142 e. The third kappa shape index (κ3) is 3.13. The Morgan fingerprint density at radius 2 is 2.12 bits per heavy atom. The van der Waals surface area contributed by atoms with Gasteiger partial charge in [0.05, 0.1) is 24.9 Å². The Hall–Kier alpha value is -0.740. The van der Waals surface area contributed by atoms with Crippen LogP contribution in [0.25, 0.3) is 0 Å². The second-order valence-electron chi connectivity index (χ2n) is 4.45. The highest BCUT2D eigenvalue weighted by atomic mass is 79.9. The van der Waals surface area contributed by atoms with E-state index in [9.17, 15) is 5.11 Å². The van der Waals surface area contributed by atoms with Gasteiger partial charge in [0, 0.05) is 4.47 Å². The van der Waals surface area contributed by atoms with Crippen molar-refractivity contribution in [3.05, 3.63) is 22.7 Å². The molecule has 0 aromatic heterocycles. The van der Waals surface area contributed by atoms with E-state index in [2.05, 4.69) is 21.2 Å². The van der Waals surface area contributed by atoms with E-state index < -0.39 is 0 Å². The van der Waals surface area contributed by atoms with Gasteiger partial charge in [-0.05, 0) is 31.0 Å². The summed E-state index contributed by atoms with van der Waals surface area (Å²) in [6.45, 7) is 0. The molecule has 0 amide bonds. The number of aliphatic hydroxyl groups is 1. The van der Waals surface area contributed by atoms with E-state index in [1.807, 2.05) is 18.2 Å². The van der Waals surface area contributed by atoms with Crippen LogP contribution in [-0.2, 0) is 0 Å². The van der Waals surface area contributed by atoms with Gasteiger partial charge in [-0.2, -0.15) is 0 Å². The normalized spacial score (nSPS) is 24.4. The molecule has 94 valence electrons. The van der Waals surface area contributed by atoms with Crippen LogP contribution in [0.15, 0.2) is 22.7 Å². The number of ether oxygens (including phenoxy) is 1. The highest BCUT2D eigenvalue weighted by molar-refractivity contribution is 9.10. The summed E-state index contributed by atoms with van der Waals surface area (Å²) in [5.74, 6) is 0.811. The molecule has 0 unspecified atom stereocenters. The summed E-state index contributed by atoms with van der Waals surface area (Å²) in [6.07, 6.45) is 3.93. The lowest BCUT2D eigenvalue weighted by Crippen LogP contribution is -2.36. The Labute approximate surface area is 110 Å². The predicted octanol–water partition coefficient (Wildman–Crippen LogP) is 3.17. The Bertz CT molecular complexity index is 384. The molecule has 0 radical (unpaired) electrons. The van der Waals surface area contributed by atoms with Crippen LogP contribution in [0.5, 0.6) is 5.75 Å². The molecule has 0 aliphatic heterocycles. The molecule has 1 fully saturated rings. The molecule has 1 saturated carbocycles. The fraction of sp³-hybridized carbons (Fsp3) is 0.538. The smallest absolute Gasteiger partial charge is 0.142 e. The van der Waals surface area contributed by atoms with Crippen molar-refractivity contribution in [2.24, 2.45) is 0 Å². The fourth-order valence-electron chi connectivity index (χ4n) is 2.27. The average Bonchev–Trinajstić information content (AvgIpc) is 2.32. The van der Waals surface area contributed by atoms with Gasteiger partial charge in [0.1, 0.15) is 5.75 Å². The molecular formula is C13H18BrNO2. The first-order chi connectivity index (χ1) is 8.20. The number of aliphatic hydroxyl groups excluding tert-OH is 1. The van der Waals surface area contributed by atoms with Gasteiger partial charge >= 0.3 is 0 Å². The maximum atomic E-state index is 9.95. The Balaban J connectivity index is 2.13. The van der Waals surface area contributed by atoms with E-state index in [0.717, 1.165) is 35.2 Å². The molecule has 1 aliphatic rings. The van der Waals surface area contributed by atoms with E-state index in [1.54, 1.807) is 7.11 Å². The van der Waals surface area contributed by atoms with Crippen molar-refractivity contribution in [2.75, 3.05) is 12.4 Å². The van der Waals surface area contributed by atoms with Gasteiger partial charge in [0.25, 0.3) is 0 Å². The quantitative estimate of drug-likeness (QED) is 0.901. The van der Waals surface area contributed by atoms with Gasteiger partial charge < -0.3 is 15.2 Å². The molecule has 0 heterocycles. The maximum absolute atomic E-state index is 9.95. The zero-order chi connectivity index (χ0) is 12.3. The molecule has 4 heteroatoms. The summed E-state index contributed by atoms with van der Waals surface area (Å²) >= 11 is 3.45. The van der Waals surface area contributed by atoms with Crippen molar-refractivity contribution >= 4 is 21.6 Å². The summed E-state index contributed by atoms with van der Waals surface area (Å²) in [5.41, 5.74) is 0.938. The molecule has 0 bridgehead atoms. The van der Waals surface area contributed by atoms with Gasteiger partial charge in [0.15, 0.2) is 0 Å². The Kier molecular flexibility index (Phi) is 4.29. The van der Waals surface area contributed by atoms with Crippen LogP contribution in [0.3, 0.4) is 0 Å². The number of halogens is 1. The van der Waals surface area contributed by atoms with Crippen LogP contribution in [0.2, 0.25) is 0 Å². The molecule has 2 atom stereocenters. The number of hydrogen-bond donors (Lipinski definition) is 2. The fourth-order valence-corrected chi connectivity index (χ4v) is 2.63. The van der Waals surface area contributed by atoms with E-state index in [4.69, 9.17) is 4.74 Å². The topological polar surface area (TPSA) is 41.5 Å². The third-order valence-electron chi connectivity index (χ3n) is 3.23. The first-order valence-corrected chi connectivity index (χ1v) is 6.78. The lowest BCUT2D eigenvalue weighted by molar-refractivity contribution is 0.116. The largest absolute Gasteiger partial charge is 0.495 e. The number of benzene rings is 1. The first-order valence-electron chi connectivity index (χ1n) is 5.99. The van der Waals surface area contributed by atoms with Crippen LogP contribution in [0, 0.1) is 0 Å². The zero-order valence-electron chi connectivity index (χ0n) is 9.95. The highest BCUT2D eigenvalue weighted by Crippen LogP contribution is 2.31. The number of methoxy groups -OCH3 is 1. The molecule has 2 N–H and O–H groups in total. The highest BCUT2D eigenvalue weighted by Gasteiger charge is 2.23. The summed E-state index contributed by atoms with van der Waals surface area (Å²) in [5, 5.41) is 13.3. The molecular weight excluding hydrogens is 282 g/mol. The first kappa shape index (κ1) is 12.7. The van der Waals surface area contributed by atoms with Crippen molar-refractivity contribution in [3.8, 4) is 5.75 Å². The average molecular weight is 300 g/mol. The molecule has 1 aromatic rings. The predicted molar refractivity (Wildman–Crippen MR) is 72.6 cm³/mol. The summed E-state index contributed by atoms with van der Waals surface area (Å²) in [4.78, 5) is 0. The third-order valence-corrected chi connectivity index (χ3v) is 3.73. The lowest BCUT2D eigenvalue weighted by atomic mass is 9.92. The van der Waals surface area contributed by atoms with E-state index in [0.29, 0.717) is 0 Å². The van der Waals surface area contributed by atoms with Crippen molar-refractivity contribution < 1.29 is 9.84 Å². The molecule has 1 aromatic carbocycles. The summed E-state index contributed by atoms with van der Waals surface area (Å²) in [6, 6.07) is 5.98. The van der Waals surface area contributed by atoms with Crippen molar-refractivity contribution in [3.63, 3.8) is 0 Å². The van der Waals surface area contributed by atoms with Gasteiger partial charge in [-0.1, -0.05) is 28.8 Å². The van der Waals surface area contributed by atoms with Gasteiger partial charge in [-0.15, -0.1) is 0 Å². The summed E-state index contributed by atoms with van der Waals surface area (Å²) < 4.78 is 6.32. The van der Waals surface area contributed by atoms with E-state index in [1.165, 1.54) is 6.42 Å².